The second kappa shape index (κ2) is 7.54. The third-order valence-electron chi connectivity index (χ3n) is 6.09. The molecule has 1 aliphatic carbocycles. The molecular weight excluding hydrogens is 400 g/mol. The summed E-state index contributed by atoms with van der Waals surface area (Å²) < 4.78 is 23.5. The SMILES string of the molecule is CC(=O)N1c2ccc(-c3ccc(S(C)(=O)=O)cc3)cc2N(C(=O)C2CCC2)C[C@@H]1C. The molecule has 2 amide bonds. The molecule has 0 aromatic heterocycles. The van der Waals surface area contributed by atoms with Crippen LogP contribution in [0.4, 0.5) is 11.4 Å². The van der Waals surface area contributed by atoms with Gasteiger partial charge in [-0.05, 0) is 55.2 Å². The number of hydrogen-bond donors (Lipinski definition) is 0. The first-order valence-electron chi connectivity index (χ1n) is 10.2. The van der Waals surface area contributed by atoms with Crippen molar-refractivity contribution in [2.75, 3.05) is 22.6 Å². The fraction of sp³-hybridized carbons (Fsp3) is 0.391. The number of rotatable bonds is 3. The highest BCUT2D eigenvalue weighted by Crippen LogP contribution is 2.41. The van der Waals surface area contributed by atoms with Crippen LogP contribution >= 0.6 is 0 Å². The lowest BCUT2D eigenvalue weighted by molar-refractivity contribution is -0.125. The van der Waals surface area contributed by atoms with Gasteiger partial charge in [-0.3, -0.25) is 9.59 Å². The van der Waals surface area contributed by atoms with Gasteiger partial charge in [-0.2, -0.15) is 0 Å². The Labute approximate surface area is 177 Å². The van der Waals surface area contributed by atoms with Crippen molar-refractivity contribution in [3.05, 3.63) is 42.5 Å². The monoisotopic (exact) mass is 426 g/mol. The number of fused-ring (bicyclic) bond motifs is 1. The van der Waals surface area contributed by atoms with Crippen LogP contribution in [-0.4, -0.2) is 39.1 Å². The second-order valence-electron chi connectivity index (χ2n) is 8.31. The Morgan fingerprint density at radius 3 is 2.13 bits per heavy atom. The van der Waals surface area contributed by atoms with Gasteiger partial charge in [0, 0.05) is 25.6 Å². The topological polar surface area (TPSA) is 74.8 Å². The molecule has 2 aromatic carbocycles. The maximum absolute atomic E-state index is 13.1. The largest absolute Gasteiger partial charge is 0.308 e. The third kappa shape index (κ3) is 3.62. The fourth-order valence-corrected chi connectivity index (χ4v) is 4.89. The summed E-state index contributed by atoms with van der Waals surface area (Å²) in [7, 11) is -3.26. The predicted octanol–water partition coefficient (Wildman–Crippen LogP) is 3.65. The number of amides is 2. The van der Waals surface area contributed by atoms with Crippen LogP contribution in [0, 0.1) is 5.92 Å². The molecule has 0 spiro atoms. The van der Waals surface area contributed by atoms with Crippen LogP contribution in [0.3, 0.4) is 0 Å². The van der Waals surface area contributed by atoms with E-state index in [1.165, 1.54) is 6.26 Å². The van der Waals surface area contributed by atoms with Gasteiger partial charge in [0.2, 0.25) is 11.8 Å². The smallest absolute Gasteiger partial charge is 0.230 e. The van der Waals surface area contributed by atoms with Crippen LogP contribution in [0.1, 0.15) is 33.1 Å². The number of hydrogen-bond acceptors (Lipinski definition) is 4. The maximum Gasteiger partial charge on any atom is 0.230 e. The summed E-state index contributed by atoms with van der Waals surface area (Å²) in [6.45, 7) is 3.98. The average molecular weight is 427 g/mol. The van der Waals surface area contributed by atoms with Gasteiger partial charge in [0.1, 0.15) is 0 Å². The minimum atomic E-state index is -3.26. The zero-order valence-electron chi connectivity index (χ0n) is 17.5. The highest BCUT2D eigenvalue weighted by molar-refractivity contribution is 7.90. The third-order valence-corrected chi connectivity index (χ3v) is 7.22. The molecule has 2 aliphatic rings. The van der Waals surface area contributed by atoms with Gasteiger partial charge in [0.15, 0.2) is 9.84 Å². The highest BCUT2D eigenvalue weighted by Gasteiger charge is 2.37. The van der Waals surface area contributed by atoms with Crippen molar-refractivity contribution < 1.29 is 18.0 Å². The standard InChI is InChI=1S/C23H26N2O4S/c1-15-14-24(23(27)18-5-4-6-18)22-13-19(9-12-21(22)25(15)16(2)26)17-7-10-20(11-8-17)30(3,28)29/h7-13,15,18H,4-6,14H2,1-3H3/t15-/m0/s1. The Bertz CT molecular complexity index is 1100. The molecule has 0 bridgehead atoms. The zero-order valence-corrected chi connectivity index (χ0v) is 18.3. The summed E-state index contributed by atoms with van der Waals surface area (Å²) in [4.78, 5) is 29.3. The van der Waals surface area contributed by atoms with Crippen molar-refractivity contribution in [2.24, 2.45) is 5.92 Å². The molecule has 0 N–H and O–H groups in total. The number of benzene rings is 2. The van der Waals surface area contributed by atoms with E-state index in [0.29, 0.717) is 6.54 Å². The first-order chi connectivity index (χ1) is 14.2. The van der Waals surface area contributed by atoms with Gasteiger partial charge in [-0.15, -0.1) is 0 Å². The minimum Gasteiger partial charge on any atom is -0.308 e. The molecule has 1 heterocycles. The summed E-state index contributed by atoms with van der Waals surface area (Å²) >= 11 is 0. The van der Waals surface area contributed by atoms with Crippen LogP contribution in [0.15, 0.2) is 47.4 Å². The van der Waals surface area contributed by atoms with E-state index in [-0.39, 0.29) is 28.7 Å². The molecule has 1 atom stereocenters. The van der Waals surface area contributed by atoms with E-state index in [4.69, 9.17) is 0 Å². The summed E-state index contributed by atoms with van der Waals surface area (Å²) in [5, 5.41) is 0. The van der Waals surface area contributed by atoms with E-state index < -0.39 is 9.84 Å². The molecule has 0 saturated heterocycles. The molecule has 2 aromatic rings. The van der Waals surface area contributed by atoms with Crippen LogP contribution in [0.5, 0.6) is 0 Å². The Kier molecular flexibility index (Phi) is 5.18. The van der Waals surface area contributed by atoms with Crippen molar-refractivity contribution in [1.29, 1.82) is 0 Å². The first kappa shape index (κ1) is 20.6. The molecule has 30 heavy (non-hydrogen) atoms. The average Bonchev–Trinajstić information content (AvgIpc) is 2.64. The quantitative estimate of drug-likeness (QED) is 0.751. The van der Waals surface area contributed by atoms with Gasteiger partial charge < -0.3 is 9.80 Å². The molecular formula is C23H26N2O4S. The lowest BCUT2D eigenvalue weighted by Gasteiger charge is -2.43. The number of sulfone groups is 1. The van der Waals surface area contributed by atoms with Gasteiger partial charge >= 0.3 is 0 Å². The summed E-state index contributed by atoms with van der Waals surface area (Å²) in [5.41, 5.74) is 3.21. The van der Waals surface area contributed by atoms with Crippen molar-refractivity contribution in [2.45, 2.75) is 44.0 Å². The van der Waals surface area contributed by atoms with Crippen LogP contribution < -0.4 is 9.80 Å². The normalized spacial score (nSPS) is 19.2. The van der Waals surface area contributed by atoms with E-state index in [2.05, 4.69) is 0 Å². The second-order valence-corrected chi connectivity index (χ2v) is 10.3. The van der Waals surface area contributed by atoms with Gasteiger partial charge in [-0.1, -0.05) is 24.6 Å². The van der Waals surface area contributed by atoms with Gasteiger partial charge in [-0.25, -0.2) is 8.42 Å². The van der Waals surface area contributed by atoms with E-state index in [1.807, 2.05) is 30.0 Å². The molecule has 4 rings (SSSR count). The summed E-state index contributed by atoms with van der Waals surface area (Å²) in [5.74, 6) is 0.138. The van der Waals surface area contributed by atoms with Gasteiger partial charge in [0.25, 0.3) is 0 Å². The van der Waals surface area contributed by atoms with E-state index in [9.17, 15) is 18.0 Å². The Morgan fingerprint density at radius 2 is 1.60 bits per heavy atom. The van der Waals surface area contributed by atoms with Gasteiger partial charge in [0.05, 0.1) is 22.3 Å². The molecule has 158 valence electrons. The Hall–Kier alpha value is -2.67. The zero-order chi connectivity index (χ0) is 21.6. The van der Waals surface area contributed by atoms with Crippen LogP contribution in [0.2, 0.25) is 0 Å². The predicted molar refractivity (Wildman–Crippen MR) is 117 cm³/mol. The van der Waals surface area contributed by atoms with Crippen LogP contribution in [0.25, 0.3) is 11.1 Å². The molecule has 1 fully saturated rings. The lowest BCUT2D eigenvalue weighted by Crippen LogP contribution is -2.53. The number of anilines is 2. The molecule has 6 nitrogen and oxygen atoms in total. The van der Waals surface area contributed by atoms with E-state index >= 15 is 0 Å². The molecule has 0 radical (unpaired) electrons. The molecule has 1 aliphatic heterocycles. The molecule has 7 heteroatoms. The van der Waals surface area contributed by atoms with E-state index in [1.54, 1.807) is 36.1 Å². The Balaban J connectivity index is 1.78. The lowest BCUT2D eigenvalue weighted by atomic mass is 9.84. The van der Waals surface area contributed by atoms with Crippen molar-refractivity contribution in [3.8, 4) is 11.1 Å². The van der Waals surface area contributed by atoms with Crippen molar-refractivity contribution in [1.82, 2.24) is 0 Å². The van der Waals surface area contributed by atoms with Crippen molar-refractivity contribution in [3.63, 3.8) is 0 Å². The molecule has 0 unspecified atom stereocenters. The summed E-state index contributed by atoms with van der Waals surface area (Å²) in [6, 6.07) is 12.3. The highest BCUT2D eigenvalue weighted by atomic mass is 32.2. The summed E-state index contributed by atoms with van der Waals surface area (Å²) in [6.07, 6.45) is 4.10. The number of carbonyl (C=O) groups is 2. The van der Waals surface area contributed by atoms with Crippen LogP contribution in [-0.2, 0) is 19.4 Å². The fourth-order valence-electron chi connectivity index (χ4n) is 4.26. The number of nitrogens with zero attached hydrogens (tertiary/aromatic N) is 2. The van der Waals surface area contributed by atoms with E-state index in [0.717, 1.165) is 41.8 Å². The maximum atomic E-state index is 13.1. The minimum absolute atomic E-state index is 0.0512. The number of carbonyl (C=O) groups excluding carboxylic acids is 2. The Morgan fingerprint density at radius 1 is 0.967 bits per heavy atom. The van der Waals surface area contributed by atoms with Crippen molar-refractivity contribution >= 4 is 33.0 Å². The molecule has 1 saturated carbocycles. The first-order valence-corrected chi connectivity index (χ1v) is 12.1.